The smallest absolute Gasteiger partial charge is 0.308 e. The molecule has 0 aromatic carbocycles. The van der Waals surface area contributed by atoms with Gasteiger partial charge in [0.1, 0.15) is 5.75 Å². The van der Waals surface area contributed by atoms with Gasteiger partial charge in [-0.3, -0.25) is 4.98 Å². The summed E-state index contributed by atoms with van der Waals surface area (Å²) in [5, 5.41) is 0. The van der Waals surface area contributed by atoms with Gasteiger partial charge >= 0.3 is 10.1 Å². The summed E-state index contributed by atoms with van der Waals surface area (Å²) in [4.78, 5) is 3.92. The molecule has 0 fully saturated rings. The minimum atomic E-state index is -3.42. The molecule has 0 aliphatic carbocycles. The molecule has 0 unspecified atom stereocenters. The maximum Gasteiger partial charge on any atom is 0.308 e. The molecule has 0 aliphatic rings. The maximum atomic E-state index is 11.0. The van der Waals surface area contributed by atoms with Gasteiger partial charge in [0.2, 0.25) is 0 Å². The Morgan fingerprint density at radius 1 is 1.54 bits per heavy atom. The van der Waals surface area contributed by atoms with Crippen molar-refractivity contribution in [3.63, 3.8) is 0 Å². The third-order valence-corrected chi connectivity index (χ3v) is 2.60. The van der Waals surface area contributed by atoms with E-state index in [1.165, 1.54) is 19.2 Å². The lowest BCUT2D eigenvalue weighted by molar-refractivity contribution is 0.487. The third kappa shape index (κ3) is 3.02. The number of aromatic nitrogens is 1. The molecule has 0 aliphatic heterocycles. The molecule has 1 heterocycles. The number of aryl methyl sites for hydroxylation is 1. The van der Waals surface area contributed by atoms with Crippen molar-refractivity contribution in [1.29, 1.82) is 0 Å². The second-order valence-electron chi connectivity index (χ2n) is 2.56. The number of hydrogen-bond donors (Lipinski definition) is 0. The first-order chi connectivity index (χ1) is 6.03. The zero-order valence-corrected chi connectivity index (χ0v) is 8.34. The van der Waals surface area contributed by atoms with Gasteiger partial charge in [-0.25, -0.2) is 0 Å². The van der Waals surface area contributed by atoms with Crippen LogP contribution in [0.3, 0.4) is 0 Å². The van der Waals surface area contributed by atoms with Crippen LogP contribution in [0, 0.1) is 6.92 Å². The number of hydrogen-bond acceptors (Lipinski definition) is 4. The Bertz CT molecular complexity index is 386. The predicted molar refractivity (Wildman–Crippen MR) is 49.1 cm³/mol. The molecule has 0 saturated heterocycles. The van der Waals surface area contributed by atoms with Crippen LogP contribution in [0.1, 0.15) is 12.6 Å². The fraction of sp³-hybridized carbons (Fsp3) is 0.375. The molecular formula is C8H11NO3S. The van der Waals surface area contributed by atoms with Crippen molar-refractivity contribution in [2.75, 3.05) is 5.75 Å². The summed E-state index contributed by atoms with van der Waals surface area (Å²) in [6, 6.07) is 3.09. The van der Waals surface area contributed by atoms with Crippen molar-refractivity contribution in [1.82, 2.24) is 4.98 Å². The Morgan fingerprint density at radius 2 is 2.23 bits per heavy atom. The quantitative estimate of drug-likeness (QED) is 0.687. The van der Waals surface area contributed by atoms with Crippen LogP contribution in [0.15, 0.2) is 18.3 Å². The van der Waals surface area contributed by atoms with E-state index in [2.05, 4.69) is 4.98 Å². The topological polar surface area (TPSA) is 56.3 Å². The Hall–Kier alpha value is -1.10. The largest absolute Gasteiger partial charge is 0.382 e. The van der Waals surface area contributed by atoms with Gasteiger partial charge in [-0.05, 0) is 13.8 Å². The van der Waals surface area contributed by atoms with Gasteiger partial charge in [0, 0.05) is 24.0 Å². The molecule has 1 aromatic rings. The summed E-state index contributed by atoms with van der Waals surface area (Å²) in [5.74, 6) is 0.281. The van der Waals surface area contributed by atoms with Crippen LogP contribution < -0.4 is 4.18 Å². The highest BCUT2D eigenvalue weighted by molar-refractivity contribution is 7.87. The Balaban J connectivity index is 2.87. The van der Waals surface area contributed by atoms with E-state index in [1.54, 1.807) is 13.0 Å². The molecule has 1 aromatic heterocycles. The summed E-state index contributed by atoms with van der Waals surface area (Å²) < 4.78 is 26.8. The van der Waals surface area contributed by atoms with Crippen LogP contribution in [0.5, 0.6) is 5.75 Å². The zero-order chi connectivity index (χ0) is 9.90. The van der Waals surface area contributed by atoms with E-state index in [0.717, 1.165) is 5.69 Å². The molecule has 4 nitrogen and oxygen atoms in total. The van der Waals surface area contributed by atoms with Crippen molar-refractivity contribution in [2.24, 2.45) is 0 Å². The minimum Gasteiger partial charge on any atom is -0.382 e. The van der Waals surface area contributed by atoms with E-state index in [4.69, 9.17) is 4.18 Å². The van der Waals surface area contributed by atoms with Crippen molar-refractivity contribution in [3.8, 4) is 5.75 Å². The summed E-state index contributed by atoms with van der Waals surface area (Å²) in [6.07, 6.45) is 1.51. The normalized spacial score (nSPS) is 11.2. The number of nitrogens with zero attached hydrogens (tertiary/aromatic N) is 1. The third-order valence-electron chi connectivity index (χ3n) is 1.44. The van der Waals surface area contributed by atoms with Crippen LogP contribution in [0.4, 0.5) is 0 Å². The van der Waals surface area contributed by atoms with E-state index in [1.807, 2.05) is 0 Å². The average molecular weight is 201 g/mol. The van der Waals surface area contributed by atoms with Gasteiger partial charge in [0.05, 0.1) is 5.75 Å². The lowest BCUT2D eigenvalue weighted by Crippen LogP contribution is -2.11. The summed E-state index contributed by atoms with van der Waals surface area (Å²) >= 11 is 0. The number of pyridine rings is 1. The SMILES string of the molecule is CCS(=O)(=O)Oc1ccnc(C)c1. The van der Waals surface area contributed by atoms with Crippen molar-refractivity contribution in [2.45, 2.75) is 13.8 Å². The minimum absolute atomic E-state index is 0.0334. The van der Waals surface area contributed by atoms with Crippen LogP contribution in [-0.2, 0) is 10.1 Å². The molecular weight excluding hydrogens is 190 g/mol. The van der Waals surface area contributed by atoms with E-state index < -0.39 is 10.1 Å². The second kappa shape index (κ2) is 3.74. The molecule has 0 N–H and O–H groups in total. The first-order valence-corrected chi connectivity index (χ1v) is 5.46. The van der Waals surface area contributed by atoms with Gasteiger partial charge in [0.15, 0.2) is 0 Å². The van der Waals surface area contributed by atoms with E-state index in [-0.39, 0.29) is 5.75 Å². The molecule has 0 saturated carbocycles. The van der Waals surface area contributed by atoms with Crippen molar-refractivity contribution < 1.29 is 12.6 Å². The molecule has 0 bridgehead atoms. The molecule has 0 radical (unpaired) electrons. The summed E-state index contributed by atoms with van der Waals surface area (Å²) in [7, 11) is -3.42. The van der Waals surface area contributed by atoms with Gasteiger partial charge in [-0.1, -0.05) is 0 Å². The Kier molecular flexibility index (Phi) is 2.87. The first-order valence-electron chi connectivity index (χ1n) is 3.88. The van der Waals surface area contributed by atoms with Gasteiger partial charge in [0.25, 0.3) is 0 Å². The van der Waals surface area contributed by atoms with Gasteiger partial charge in [-0.2, -0.15) is 8.42 Å². The van der Waals surface area contributed by atoms with Crippen LogP contribution >= 0.6 is 0 Å². The Labute approximate surface area is 77.7 Å². The van der Waals surface area contributed by atoms with E-state index in [9.17, 15) is 8.42 Å². The molecule has 0 atom stereocenters. The number of rotatable bonds is 3. The molecule has 72 valence electrons. The Morgan fingerprint density at radius 3 is 2.77 bits per heavy atom. The zero-order valence-electron chi connectivity index (χ0n) is 7.52. The highest BCUT2D eigenvalue weighted by Gasteiger charge is 2.08. The molecule has 5 heteroatoms. The van der Waals surface area contributed by atoms with Crippen LogP contribution in [0.25, 0.3) is 0 Å². The fourth-order valence-electron chi connectivity index (χ4n) is 0.777. The fourth-order valence-corrected chi connectivity index (χ4v) is 1.29. The van der Waals surface area contributed by atoms with Crippen molar-refractivity contribution >= 4 is 10.1 Å². The summed E-state index contributed by atoms with van der Waals surface area (Å²) in [6.45, 7) is 3.30. The molecule has 0 spiro atoms. The monoisotopic (exact) mass is 201 g/mol. The highest BCUT2D eigenvalue weighted by Crippen LogP contribution is 2.12. The maximum absolute atomic E-state index is 11.0. The summed E-state index contributed by atoms with van der Waals surface area (Å²) in [5.41, 5.74) is 0.726. The van der Waals surface area contributed by atoms with Gasteiger partial charge in [-0.15, -0.1) is 0 Å². The van der Waals surface area contributed by atoms with Gasteiger partial charge < -0.3 is 4.18 Å². The molecule has 13 heavy (non-hydrogen) atoms. The van der Waals surface area contributed by atoms with E-state index in [0.29, 0.717) is 5.75 Å². The molecule has 1 rings (SSSR count). The second-order valence-corrected chi connectivity index (χ2v) is 4.42. The van der Waals surface area contributed by atoms with E-state index >= 15 is 0 Å². The lowest BCUT2D eigenvalue weighted by Gasteiger charge is -2.04. The van der Waals surface area contributed by atoms with Crippen molar-refractivity contribution in [3.05, 3.63) is 24.0 Å². The average Bonchev–Trinajstić information content (AvgIpc) is 2.03. The standard InChI is InChI=1S/C8H11NO3S/c1-3-13(10,11)12-8-4-5-9-7(2)6-8/h4-6H,3H2,1-2H3. The highest BCUT2D eigenvalue weighted by atomic mass is 32.2. The van der Waals surface area contributed by atoms with Crippen LogP contribution in [0.2, 0.25) is 0 Å². The molecule has 0 amide bonds. The predicted octanol–water partition coefficient (Wildman–Crippen LogP) is 1.12. The first kappa shape index (κ1) is 9.98. The van der Waals surface area contributed by atoms with Crippen LogP contribution in [-0.4, -0.2) is 19.2 Å². The lowest BCUT2D eigenvalue weighted by atomic mass is 10.4.